The molecule has 0 aromatic rings. The first-order valence-corrected chi connectivity index (χ1v) is 0. The molecule has 0 bridgehead atoms. The topological polar surface area (TPSA) is 0 Å². The Hall–Kier alpha value is 5.26. The van der Waals surface area contributed by atoms with E-state index in [1.165, 1.54) is 0 Å². The average Bonchev–Trinajstić information content (AvgIpc) is 0. The van der Waals surface area contributed by atoms with Gasteiger partial charge in [-0.1, -0.05) is 0 Å². The fourth-order valence-electron chi connectivity index (χ4n) is 0. The van der Waals surface area contributed by atoms with Crippen LogP contribution in [0, 0.1) is 0 Å². The molecule has 4 heteroatoms. The van der Waals surface area contributed by atoms with Crippen molar-refractivity contribution in [2.75, 3.05) is 0 Å². The van der Waals surface area contributed by atoms with Crippen molar-refractivity contribution in [3.05, 3.63) is 0 Å². The summed E-state index contributed by atoms with van der Waals surface area (Å²) < 4.78 is 0. The molecule has 0 fully saturated rings. The van der Waals surface area contributed by atoms with E-state index in [1.807, 2.05) is 0 Å². The molecule has 0 spiro atoms. The van der Waals surface area contributed by atoms with E-state index in [2.05, 4.69) is 0 Å². The average molecular weight is 208 g/mol. The second-order valence-corrected chi connectivity index (χ2v) is 0. The largest absolute Gasteiger partial charge is 0 e. The first-order chi connectivity index (χ1) is 0. The van der Waals surface area contributed by atoms with E-state index in [0.29, 0.717) is 0 Å². The number of rotatable bonds is 0. The van der Waals surface area contributed by atoms with Crippen LogP contribution in [0.5, 0.6) is 0 Å². The van der Waals surface area contributed by atoms with Crippen LogP contribution < -0.4 is 0 Å². The van der Waals surface area contributed by atoms with Crippen molar-refractivity contribution in [3.63, 3.8) is 0 Å². The molecule has 0 heterocycles. The van der Waals surface area contributed by atoms with Crippen molar-refractivity contribution in [2.24, 2.45) is 0 Å². The predicted octanol–water partition coefficient (Wildman–Crippen LogP) is -1.52. The van der Waals surface area contributed by atoms with Gasteiger partial charge in [-0.15, -0.1) is 0 Å². The maximum absolute atomic E-state index is 0. The molecule has 0 saturated heterocycles. The van der Waals surface area contributed by atoms with Gasteiger partial charge in [0.25, 0.3) is 0 Å². The molecule has 0 rings (SSSR count). The molecule has 0 aliphatic carbocycles. The second kappa shape index (κ2) is 15.7. The van der Waals surface area contributed by atoms with Crippen LogP contribution in [0.1, 0.15) is 0 Å². The van der Waals surface area contributed by atoms with Crippen LogP contribution in [0.3, 0.4) is 0 Å². The van der Waals surface area contributed by atoms with E-state index in [4.69, 9.17) is 0 Å². The van der Waals surface area contributed by atoms with Gasteiger partial charge >= 0.3 is 0 Å². The van der Waals surface area contributed by atoms with E-state index >= 15 is 0 Å². The van der Waals surface area contributed by atoms with Gasteiger partial charge in [0.05, 0.1) is 0 Å². The fraction of sp³-hybridized carbons (Fsp3) is 0. The minimum Gasteiger partial charge on any atom is 0 e. The van der Waals surface area contributed by atoms with Gasteiger partial charge in [-0.25, -0.2) is 0 Å². The maximum atomic E-state index is 0. The molecule has 0 atom stereocenters. The summed E-state index contributed by atoms with van der Waals surface area (Å²) in [7, 11) is 0. The fourth-order valence-corrected chi connectivity index (χ4v) is 0. The molecule has 0 aromatic carbocycles. The van der Waals surface area contributed by atoms with Gasteiger partial charge < -0.3 is 0 Å². The second-order valence-electron chi connectivity index (χ2n) is 0. The monoisotopic (exact) mass is 208 g/mol. The molecule has 0 nitrogen and oxygen atoms in total. The SMILES string of the molecule is [Ca].[Ca].[Ca].[Sr]. The predicted molar refractivity (Wildman–Crippen MR) is 23.0 cm³/mol. The maximum Gasteiger partial charge on any atom is 0 e. The minimum atomic E-state index is 0. The van der Waals surface area contributed by atoms with Crippen LogP contribution >= 0.6 is 0 Å². The van der Waals surface area contributed by atoms with E-state index in [1.54, 1.807) is 0 Å². The van der Waals surface area contributed by atoms with Crippen LogP contribution in [0.2, 0.25) is 0 Å². The van der Waals surface area contributed by atoms with E-state index in [9.17, 15) is 0 Å². The summed E-state index contributed by atoms with van der Waals surface area (Å²) in [5, 5.41) is 0. The zero-order valence-corrected chi connectivity index (χ0v) is 12.9. The van der Waals surface area contributed by atoms with Crippen molar-refractivity contribution in [1.82, 2.24) is 0 Å². The first-order valence-electron chi connectivity index (χ1n) is 0. The van der Waals surface area contributed by atoms with Gasteiger partial charge in [0.1, 0.15) is 0 Å². The van der Waals surface area contributed by atoms with Crippen LogP contribution in [-0.2, 0) is 0 Å². The van der Waals surface area contributed by atoms with Gasteiger partial charge in [0.2, 0.25) is 0 Å². The van der Waals surface area contributed by atoms with Crippen LogP contribution in [0.4, 0.5) is 0 Å². The van der Waals surface area contributed by atoms with Gasteiger partial charge in [-0.05, 0) is 0 Å². The van der Waals surface area contributed by atoms with Gasteiger partial charge in [-0.3, -0.25) is 0 Å². The Morgan fingerprint density at radius 3 is 0.500 bits per heavy atom. The molecule has 8 valence electrons. The Morgan fingerprint density at radius 2 is 0.500 bits per heavy atom. The Morgan fingerprint density at radius 1 is 0.500 bits per heavy atom. The summed E-state index contributed by atoms with van der Waals surface area (Å²) >= 11 is 0. The van der Waals surface area contributed by atoms with Gasteiger partial charge in [0.15, 0.2) is 0 Å². The molecule has 0 N–H and O–H groups in total. The summed E-state index contributed by atoms with van der Waals surface area (Å²) in [6, 6.07) is 0. The molecule has 0 aliphatic rings. The Kier molecular flexibility index (Phi) is 89.8. The van der Waals surface area contributed by atoms with Crippen molar-refractivity contribution in [2.45, 2.75) is 0 Å². The zero-order chi connectivity index (χ0) is 0. The van der Waals surface area contributed by atoms with Crippen LogP contribution in [0.25, 0.3) is 0 Å². The van der Waals surface area contributed by atoms with Crippen molar-refractivity contribution >= 4 is 159 Å². The summed E-state index contributed by atoms with van der Waals surface area (Å²) in [5.41, 5.74) is 0. The number of hydrogen-bond donors (Lipinski definition) is 0. The summed E-state index contributed by atoms with van der Waals surface area (Å²) in [5.74, 6) is 0. The standard InChI is InChI=1S/3Ca.Sr. The van der Waals surface area contributed by atoms with Crippen molar-refractivity contribution in [3.8, 4) is 0 Å². The molecule has 4 heavy (non-hydrogen) atoms. The Balaban J connectivity index is 0. The molecule has 0 saturated carbocycles. The molecule has 8 radical (unpaired) electrons. The first kappa shape index (κ1) is 22.8. The quantitative estimate of drug-likeness (QED) is 0.424. The minimum absolute atomic E-state index is 0. The van der Waals surface area contributed by atoms with Crippen LogP contribution in [0.15, 0.2) is 0 Å². The zero-order valence-electron chi connectivity index (χ0n) is 2.83. The Bertz CT molecular complexity index is 3.25. The van der Waals surface area contributed by atoms with Crippen molar-refractivity contribution in [1.29, 1.82) is 0 Å². The van der Waals surface area contributed by atoms with E-state index in [-0.39, 0.29) is 159 Å². The summed E-state index contributed by atoms with van der Waals surface area (Å²) in [4.78, 5) is 0. The molecule has 0 aromatic heterocycles. The molecular weight excluding hydrogens is 208 g/mol. The number of hydrogen-bond acceptors (Lipinski definition) is 0. The van der Waals surface area contributed by atoms with E-state index < -0.39 is 0 Å². The summed E-state index contributed by atoms with van der Waals surface area (Å²) in [6.45, 7) is 0. The third-order valence-corrected chi connectivity index (χ3v) is 0. The third kappa shape index (κ3) is 10.3. The smallest absolute Gasteiger partial charge is 0 e. The Labute approximate surface area is 153 Å². The van der Waals surface area contributed by atoms with Gasteiger partial charge in [-0.2, -0.15) is 0 Å². The van der Waals surface area contributed by atoms with Crippen molar-refractivity contribution < 1.29 is 0 Å². The normalized spacial score (nSPS) is 0. The van der Waals surface area contributed by atoms with E-state index in [0.717, 1.165) is 0 Å². The summed E-state index contributed by atoms with van der Waals surface area (Å²) in [6.07, 6.45) is 0. The molecular formula is Ca3Sr. The third-order valence-electron chi connectivity index (χ3n) is 0. The van der Waals surface area contributed by atoms with Crippen LogP contribution in [-0.4, -0.2) is 159 Å². The van der Waals surface area contributed by atoms with Gasteiger partial charge in [0, 0.05) is 159 Å². The molecule has 0 aliphatic heterocycles. The molecule has 0 unspecified atom stereocenters. The molecule has 0 amide bonds.